The molecule has 0 radical (unpaired) electrons. The maximum absolute atomic E-state index is 14.4. The summed E-state index contributed by atoms with van der Waals surface area (Å²) in [7, 11) is 0. The van der Waals surface area contributed by atoms with Crippen LogP contribution in [0.2, 0.25) is 0 Å². The van der Waals surface area contributed by atoms with E-state index in [2.05, 4.69) is 36.5 Å². The number of alkyl halides is 1. The molecular weight excluding hydrogens is 201 g/mol. The zero-order valence-corrected chi connectivity index (χ0v) is 9.93. The van der Waals surface area contributed by atoms with Crippen LogP contribution in [0, 0.1) is 0 Å². The van der Waals surface area contributed by atoms with Crippen molar-refractivity contribution >= 4 is 0 Å². The highest BCUT2D eigenvalue weighted by Gasteiger charge is 2.31. The van der Waals surface area contributed by atoms with Gasteiger partial charge in [-0.1, -0.05) is 31.2 Å². The van der Waals surface area contributed by atoms with Gasteiger partial charge in [0.15, 0.2) is 0 Å². The second-order valence-electron chi connectivity index (χ2n) is 4.78. The van der Waals surface area contributed by atoms with Crippen molar-refractivity contribution in [3.8, 4) is 0 Å². The first-order chi connectivity index (χ1) is 7.72. The van der Waals surface area contributed by atoms with Crippen LogP contribution in [-0.4, -0.2) is 18.8 Å². The third-order valence-corrected chi connectivity index (χ3v) is 3.37. The van der Waals surface area contributed by atoms with Crippen molar-refractivity contribution in [1.29, 1.82) is 0 Å². The molecule has 1 unspecified atom stereocenters. The highest BCUT2D eigenvalue weighted by molar-refractivity contribution is 5.24. The van der Waals surface area contributed by atoms with Gasteiger partial charge in [-0.25, -0.2) is 4.39 Å². The van der Waals surface area contributed by atoms with E-state index in [9.17, 15) is 4.39 Å². The summed E-state index contributed by atoms with van der Waals surface area (Å²) in [5.41, 5.74) is 1.40. The Kier molecular flexibility index (Phi) is 3.59. The number of aryl methyl sites for hydroxylation is 1. The second-order valence-corrected chi connectivity index (χ2v) is 4.78. The number of hydrogen-bond donors (Lipinski definition) is 1. The molecule has 0 bridgehead atoms. The van der Waals surface area contributed by atoms with E-state index < -0.39 is 5.67 Å². The number of nitrogens with one attached hydrogen (secondary N) is 1. The van der Waals surface area contributed by atoms with Gasteiger partial charge in [-0.15, -0.1) is 0 Å². The number of halogens is 1. The average Bonchev–Trinajstić information content (AvgIpc) is 2.30. The van der Waals surface area contributed by atoms with E-state index in [-0.39, 0.29) is 0 Å². The largest absolute Gasteiger partial charge is 0.314 e. The Bertz CT molecular complexity index is 325. The van der Waals surface area contributed by atoms with Gasteiger partial charge in [0, 0.05) is 13.0 Å². The molecule has 2 heteroatoms. The van der Waals surface area contributed by atoms with Gasteiger partial charge in [-0.2, -0.15) is 0 Å². The summed E-state index contributed by atoms with van der Waals surface area (Å²) in [6.07, 6.45) is 3.23. The number of benzene rings is 1. The maximum Gasteiger partial charge on any atom is 0.127 e. The molecule has 2 rings (SSSR count). The minimum absolute atomic E-state index is 0.503. The van der Waals surface area contributed by atoms with Crippen molar-refractivity contribution in [1.82, 2.24) is 5.32 Å². The Hall–Kier alpha value is -0.890. The van der Waals surface area contributed by atoms with Gasteiger partial charge >= 0.3 is 0 Å². The van der Waals surface area contributed by atoms with Crippen LogP contribution in [0.4, 0.5) is 4.39 Å². The first-order valence-corrected chi connectivity index (χ1v) is 6.19. The van der Waals surface area contributed by atoms with Gasteiger partial charge in [0.2, 0.25) is 0 Å². The first-order valence-electron chi connectivity index (χ1n) is 6.19. The highest BCUT2D eigenvalue weighted by Crippen LogP contribution is 2.25. The van der Waals surface area contributed by atoms with Crippen molar-refractivity contribution in [3.63, 3.8) is 0 Å². The van der Waals surface area contributed by atoms with Crippen LogP contribution in [-0.2, 0) is 12.8 Å². The molecule has 1 nitrogen and oxygen atoms in total. The average molecular weight is 221 g/mol. The number of piperidine rings is 1. The summed E-state index contributed by atoms with van der Waals surface area (Å²) in [6.45, 7) is 3.60. The molecule has 88 valence electrons. The standard InChI is InChI=1S/C14H20FN/c1-2-12-4-6-13(7-5-12)10-14(15)8-3-9-16-11-14/h4-7,16H,2-3,8-11H2,1H3. The second kappa shape index (κ2) is 4.96. The smallest absolute Gasteiger partial charge is 0.127 e. The maximum atomic E-state index is 14.4. The molecular formula is C14H20FN. The minimum Gasteiger partial charge on any atom is -0.314 e. The molecule has 1 N–H and O–H groups in total. The zero-order valence-electron chi connectivity index (χ0n) is 9.93. The van der Waals surface area contributed by atoms with Crippen molar-refractivity contribution in [2.24, 2.45) is 0 Å². The molecule has 0 saturated carbocycles. The van der Waals surface area contributed by atoms with Gasteiger partial charge in [-0.3, -0.25) is 0 Å². The summed E-state index contributed by atoms with van der Waals surface area (Å²) in [5, 5.41) is 3.14. The molecule has 0 aliphatic carbocycles. The van der Waals surface area contributed by atoms with E-state index in [4.69, 9.17) is 0 Å². The lowest BCUT2D eigenvalue weighted by Crippen LogP contribution is -2.43. The van der Waals surface area contributed by atoms with Crippen LogP contribution in [0.25, 0.3) is 0 Å². The van der Waals surface area contributed by atoms with Crippen LogP contribution in [0.1, 0.15) is 30.9 Å². The summed E-state index contributed by atoms with van der Waals surface area (Å²) in [4.78, 5) is 0. The predicted molar refractivity (Wildman–Crippen MR) is 65.5 cm³/mol. The lowest BCUT2D eigenvalue weighted by Gasteiger charge is -2.30. The van der Waals surface area contributed by atoms with Gasteiger partial charge in [0.25, 0.3) is 0 Å². The molecule has 0 amide bonds. The van der Waals surface area contributed by atoms with Crippen LogP contribution in [0.5, 0.6) is 0 Å². The Morgan fingerprint density at radius 2 is 1.94 bits per heavy atom. The topological polar surface area (TPSA) is 12.0 Å². The van der Waals surface area contributed by atoms with E-state index in [1.54, 1.807) is 0 Å². The van der Waals surface area contributed by atoms with E-state index >= 15 is 0 Å². The third-order valence-electron chi connectivity index (χ3n) is 3.37. The van der Waals surface area contributed by atoms with Gasteiger partial charge in [-0.05, 0) is 36.9 Å². The highest BCUT2D eigenvalue weighted by atomic mass is 19.1. The quantitative estimate of drug-likeness (QED) is 0.827. The molecule has 1 heterocycles. The molecule has 1 saturated heterocycles. The van der Waals surface area contributed by atoms with Crippen molar-refractivity contribution in [2.45, 2.75) is 38.3 Å². The van der Waals surface area contributed by atoms with Crippen LogP contribution in [0.15, 0.2) is 24.3 Å². The van der Waals surface area contributed by atoms with E-state index in [1.165, 1.54) is 5.56 Å². The summed E-state index contributed by atoms with van der Waals surface area (Å²) in [5.74, 6) is 0. The summed E-state index contributed by atoms with van der Waals surface area (Å²) in [6, 6.07) is 8.34. The number of rotatable bonds is 3. The lowest BCUT2D eigenvalue weighted by molar-refractivity contribution is 0.122. The van der Waals surface area contributed by atoms with Crippen molar-refractivity contribution in [3.05, 3.63) is 35.4 Å². The van der Waals surface area contributed by atoms with Gasteiger partial charge in [0.05, 0.1) is 0 Å². The van der Waals surface area contributed by atoms with Crippen molar-refractivity contribution < 1.29 is 4.39 Å². The van der Waals surface area contributed by atoms with Crippen LogP contribution >= 0.6 is 0 Å². The molecule has 0 spiro atoms. The molecule has 1 aromatic carbocycles. The van der Waals surface area contributed by atoms with Crippen LogP contribution in [0.3, 0.4) is 0 Å². The fraction of sp³-hybridized carbons (Fsp3) is 0.571. The van der Waals surface area contributed by atoms with Gasteiger partial charge in [0.1, 0.15) is 5.67 Å². The Labute approximate surface area is 97.1 Å². The number of hydrogen-bond acceptors (Lipinski definition) is 1. The fourth-order valence-corrected chi connectivity index (χ4v) is 2.34. The SMILES string of the molecule is CCc1ccc(CC2(F)CCCNC2)cc1. The summed E-state index contributed by atoms with van der Waals surface area (Å²) >= 11 is 0. The first kappa shape index (κ1) is 11.6. The molecule has 1 aromatic rings. The molecule has 1 aliphatic heterocycles. The molecule has 0 aromatic heterocycles. The Morgan fingerprint density at radius 1 is 1.25 bits per heavy atom. The molecule has 16 heavy (non-hydrogen) atoms. The van der Waals surface area contributed by atoms with Crippen molar-refractivity contribution in [2.75, 3.05) is 13.1 Å². The Morgan fingerprint density at radius 3 is 2.50 bits per heavy atom. The molecule has 1 atom stereocenters. The van der Waals surface area contributed by atoms with E-state index in [1.807, 2.05) is 0 Å². The third kappa shape index (κ3) is 2.82. The monoisotopic (exact) mass is 221 g/mol. The summed E-state index contributed by atoms with van der Waals surface area (Å²) < 4.78 is 14.4. The molecule has 1 aliphatic rings. The van der Waals surface area contributed by atoms with Crippen LogP contribution < -0.4 is 5.32 Å². The zero-order chi connectivity index (χ0) is 11.4. The predicted octanol–water partition coefficient (Wildman–Crippen LogP) is 2.88. The minimum atomic E-state index is -1.04. The van der Waals surface area contributed by atoms with E-state index in [0.717, 1.165) is 24.9 Å². The lowest BCUT2D eigenvalue weighted by atomic mass is 9.89. The fourth-order valence-electron chi connectivity index (χ4n) is 2.34. The van der Waals surface area contributed by atoms with Gasteiger partial charge < -0.3 is 5.32 Å². The normalized spacial score (nSPS) is 25.6. The molecule has 1 fully saturated rings. The Balaban J connectivity index is 2.01. The van der Waals surface area contributed by atoms with E-state index in [0.29, 0.717) is 19.4 Å².